The van der Waals surface area contributed by atoms with Crippen LogP contribution in [0.2, 0.25) is 0 Å². The van der Waals surface area contributed by atoms with Crippen molar-refractivity contribution in [1.29, 1.82) is 0 Å². The number of aromatic nitrogens is 1. The summed E-state index contributed by atoms with van der Waals surface area (Å²) in [5, 5.41) is 14.8. The van der Waals surface area contributed by atoms with Gasteiger partial charge in [-0.3, -0.25) is 4.79 Å². The summed E-state index contributed by atoms with van der Waals surface area (Å²) in [6.07, 6.45) is 1.67. The fourth-order valence-electron chi connectivity index (χ4n) is 1.75. The Hall–Kier alpha value is -2.34. The zero-order chi connectivity index (χ0) is 15.2. The first-order valence-corrected chi connectivity index (χ1v) is 6.75. The van der Waals surface area contributed by atoms with Gasteiger partial charge in [-0.15, -0.1) is 0 Å². The van der Waals surface area contributed by atoms with Crippen molar-refractivity contribution >= 4 is 11.6 Å². The van der Waals surface area contributed by atoms with Crippen molar-refractivity contribution in [3.8, 4) is 0 Å². The lowest BCUT2D eigenvalue weighted by Crippen LogP contribution is -2.34. The van der Waals surface area contributed by atoms with Gasteiger partial charge in [0.15, 0.2) is 0 Å². The number of rotatable bonds is 6. The molecular formula is C15H19N3O3. The number of carbonyl (C=O) groups excluding carboxylic acids is 1. The summed E-state index contributed by atoms with van der Waals surface area (Å²) in [6.45, 7) is 3.99. The second-order valence-electron chi connectivity index (χ2n) is 4.85. The van der Waals surface area contributed by atoms with E-state index in [1.165, 1.54) is 0 Å². The van der Waals surface area contributed by atoms with E-state index in [2.05, 4.69) is 15.6 Å². The molecule has 2 rings (SSSR count). The molecule has 2 aromatic rings. The molecule has 1 amide bonds. The molecule has 0 fully saturated rings. The molecule has 0 aliphatic heterocycles. The van der Waals surface area contributed by atoms with Gasteiger partial charge in [0, 0.05) is 17.3 Å². The summed E-state index contributed by atoms with van der Waals surface area (Å²) in [5.41, 5.74) is 1.42. The van der Waals surface area contributed by atoms with Crippen LogP contribution in [0.25, 0.3) is 0 Å². The second kappa shape index (κ2) is 6.90. The molecule has 112 valence electrons. The van der Waals surface area contributed by atoms with Gasteiger partial charge < -0.3 is 20.2 Å². The molecule has 1 aromatic heterocycles. The lowest BCUT2D eigenvalue weighted by molar-refractivity contribution is 0.0922. The molecule has 3 N–H and O–H groups in total. The highest BCUT2D eigenvalue weighted by Crippen LogP contribution is 2.11. The first-order chi connectivity index (χ1) is 10.1. The number of hydrogen-bond donors (Lipinski definition) is 3. The Morgan fingerprint density at radius 3 is 2.67 bits per heavy atom. The standard InChI is InChI=1S/C15H19N3O3/c1-10(9-19)18-15(20)12-3-5-13(6-4-12)16-8-14-17-7-11(2)21-14/h3-7,10,16,19H,8-9H2,1-2H3,(H,18,20). The summed E-state index contributed by atoms with van der Waals surface area (Å²) in [4.78, 5) is 15.9. The number of aliphatic hydroxyl groups is 1. The monoisotopic (exact) mass is 289 g/mol. The van der Waals surface area contributed by atoms with Crippen molar-refractivity contribution in [1.82, 2.24) is 10.3 Å². The maximum Gasteiger partial charge on any atom is 0.251 e. The molecule has 6 nitrogen and oxygen atoms in total. The summed E-state index contributed by atoms with van der Waals surface area (Å²) in [7, 11) is 0. The van der Waals surface area contributed by atoms with Gasteiger partial charge in [-0.05, 0) is 38.1 Å². The van der Waals surface area contributed by atoms with Crippen molar-refractivity contribution in [2.24, 2.45) is 0 Å². The van der Waals surface area contributed by atoms with Gasteiger partial charge >= 0.3 is 0 Å². The van der Waals surface area contributed by atoms with Crippen molar-refractivity contribution in [3.63, 3.8) is 0 Å². The van der Waals surface area contributed by atoms with Crippen LogP contribution in [-0.4, -0.2) is 28.6 Å². The Morgan fingerprint density at radius 2 is 2.10 bits per heavy atom. The Bertz CT molecular complexity index is 592. The number of amides is 1. The third-order valence-corrected chi connectivity index (χ3v) is 2.91. The van der Waals surface area contributed by atoms with E-state index >= 15 is 0 Å². The minimum Gasteiger partial charge on any atom is -0.444 e. The number of oxazole rings is 1. The van der Waals surface area contributed by atoms with Gasteiger partial charge in [0.1, 0.15) is 5.76 Å². The fourth-order valence-corrected chi connectivity index (χ4v) is 1.75. The smallest absolute Gasteiger partial charge is 0.251 e. The average molecular weight is 289 g/mol. The maximum atomic E-state index is 11.8. The van der Waals surface area contributed by atoms with Crippen LogP contribution in [0.4, 0.5) is 5.69 Å². The van der Waals surface area contributed by atoms with Crippen LogP contribution < -0.4 is 10.6 Å². The summed E-state index contributed by atoms with van der Waals surface area (Å²) in [6, 6.07) is 6.82. The van der Waals surface area contributed by atoms with Crippen molar-refractivity contribution < 1.29 is 14.3 Å². The molecule has 0 bridgehead atoms. The van der Waals surface area contributed by atoms with Gasteiger partial charge in [-0.1, -0.05) is 0 Å². The molecular weight excluding hydrogens is 270 g/mol. The summed E-state index contributed by atoms with van der Waals surface area (Å²) >= 11 is 0. The number of benzene rings is 1. The maximum absolute atomic E-state index is 11.8. The van der Waals surface area contributed by atoms with E-state index in [1.54, 1.807) is 25.3 Å². The van der Waals surface area contributed by atoms with Gasteiger partial charge in [-0.2, -0.15) is 0 Å². The molecule has 0 saturated carbocycles. The van der Waals surface area contributed by atoms with Gasteiger partial charge in [-0.25, -0.2) is 4.98 Å². The molecule has 0 spiro atoms. The normalized spacial score (nSPS) is 12.0. The van der Waals surface area contributed by atoms with E-state index in [-0.39, 0.29) is 18.6 Å². The van der Waals surface area contributed by atoms with Crippen LogP contribution >= 0.6 is 0 Å². The molecule has 0 aliphatic carbocycles. The van der Waals surface area contributed by atoms with Gasteiger partial charge in [0.2, 0.25) is 5.89 Å². The molecule has 21 heavy (non-hydrogen) atoms. The predicted molar refractivity (Wildman–Crippen MR) is 79.0 cm³/mol. The number of hydrogen-bond acceptors (Lipinski definition) is 5. The van der Waals surface area contributed by atoms with Gasteiger partial charge in [0.05, 0.1) is 19.3 Å². The Labute approximate surface area is 123 Å². The number of anilines is 1. The summed E-state index contributed by atoms with van der Waals surface area (Å²) < 4.78 is 5.36. The van der Waals surface area contributed by atoms with Crippen molar-refractivity contribution in [2.45, 2.75) is 26.4 Å². The Kier molecular flexibility index (Phi) is 4.94. The molecule has 0 saturated heterocycles. The third-order valence-electron chi connectivity index (χ3n) is 2.91. The van der Waals surface area contributed by atoms with Crippen LogP contribution in [-0.2, 0) is 6.54 Å². The molecule has 1 atom stereocenters. The van der Waals surface area contributed by atoms with Crippen LogP contribution in [0.15, 0.2) is 34.9 Å². The SMILES string of the molecule is Cc1cnc(CNc2ccc(C(=O)NC(C)CO)cc2)o1. The van der Waals surface area contributed by atoms with Crippen molar-refractivity contribution in [2.75, 3.05) is 11.9 Å². The number of nitrogens with one attached hydrogen (secondary N) is 2. The van der Waals surface area contributed by atoms with Crippen LogP contribution in [0.1, 0.15) is 28.9 Å². The highest BCUT2D eigenvalue weighted by Gasteiger charge is 2.08. The van der Waals surface area contributed by atoms with E-state index in [0.29, 0.717) is 18.0 Å². The lowest BCUT2D eigenvalue weighted by atomic mass is 10.2. The minimum absolute atomic E-state index is 0.0824. The van der Waals surface area contributed by atoms with Crippen LogP contribution in [0, 0.1) is 6.92 Å². The lowest BCUT2D eigenvalue weighted by Gasteiger charge is -2.11. The van der Waals surface area contributed by atoms with E-state index in [0.717, 1.165) is 11.4 Å². The number of aryl methyl sites for hydroxylation is 1. The van der Waals surface area contributed by atoms with E-state index in [4.69, 9.17) is 9.52 Å². The second-order valence-corrected chi connectivity index (χ2v) is 4.85. The first-order valence-electron chi connectivity index (χ1n) is 6.75. The number of aliphatic hydroxyl groups excluding tert-OH is 1. The average Bonchev–Trinajstić information content (AvgIpc) is 2.91. The molecule has 6 heteroatoms. The van der Waals surface area contributed by atoms with Gasteiger partial charge in [0.25, 0.3) is 5.91 Å². The zero-order valence-electron chi connectivity index (χ0n) is 12.1. The Balaban J connectivity index is 1.91. The highest BCUT2D eigenvalue weighted by molar-refractivity contribution is 5.94. The number of carbonyl (C=O) groups is 1. The first kappa shape index (κ1) is 15.1. The van der Waals surface area contributed by atoms with Crippen molar-refractivity contribution in [3.05, 3.63) is 47.7 Å². The molecule has 1 aromatic carbocycles. The molecule has 1 heterocycles. The summed E-state index contributed by atoms with van der Waals surface area (Å²) in [5.74, 6) is 1.19. The van der Waals surface area contributed by atoms with E-state index in [9.17, 15) is 4.79 Å². The predicted octanol–water partition coefficient (Wildman–Crippen LogP) is 1.71. The minimum atomic E-state index is -0.261. The van der Waals surface area contributed by atoms with Crippen LogP contribution in [0.5, 0.6) is 0 Å². The highest BCUT2D eigenvalue weighted by atomic mass is 16.4. The number of nitrogens with zero attached hydrogens (tertiary/aromatic N) is 1. The van der Waals surface area contributed by atoms with Crippen LogP contribution in [0.3, 0.4) is 0 Å². The Morgan fingerprint density at radius 1 is 1.38 bits per heavy atom. The molecule has 1 unspecified atom stereocenters. The topological polar surface area (TPSA) is 87.4 Å². The van der Waals surface area contributed by atoms with E-state index < -0.39 is 0 Å². The fraction of sp³-hybridized carbons (Fsp3) is 0.333. The third kappa shape index (κ3) is 4.32. The molecule has 0 radical (unpaired) electrons. The largest absolute Gasteiger partial charge is 0.444 e. The zero-order valence-corrected chi connectivity index (χ0v) is 12.1. The quantitative estimate of drug-likeness (QED) is 0.753. The molecule has 0 aliphatic rings. The van der Waals surface area contributed by atoms with E-state index in [1.807, 2.05) is 19.1 Å².